The molecule has 1 atom stereocenters. The first-order valence-corrected chi connectivity index (χ1v) is 12.8. The van der Waals surface area contributed by atoms with Crippen LogP contribution in [0.3, 0.4) is 0 Å². The van der Waals surface area contributed by atoms with E-state index in [0.29, 0.717) is 41.5 Å². The fourth-order valence-electron chi connectivity index (χ4n) is 4.25. The maximum absolute atomic E-state index is 14.5. The van der Waals surface area contributed by atoms with Gasteiger partial charge in [0.15, 0.2) is 11.5 Å². The van der Waals surface area contributed by atoms with Crippen LogP contribution < -0.4 is 19.1 Å². The molecule has 1 fully saturated rings. The Bertz CT molecular complexity index is 1310. The van der Waals surface area contributed by atoms with Gasteiger partial charge in [0.25, 0.3) is 10.0 Å². The van der Waals surface area contributed by atoms with Crippen LogP contribution in [0.1, 0.15) is 17.5 Å². The van der Waals surface area contributed by atoms with E-state index in [2.05, 4.69) is 5.32 Å². The zero-order chi connectivity index (χ0) is 25.2. The lowest BCUT2D eigenvalue weighted by molar-refractivity contribution is 0.354. The topological polar surface area (TPSA) is 67.9 Å². The minimum Gasteiger partial charge on any atom is -0.493 e. The molecule has 0 spiro atoms. The number of sulfonamides is 1. The van der Waals surface area contributed by atoms with Gasteiger partial charge in [-0.15, -0.1) is 0 Å². The maximum Gasteiger partial charge on any atom is 0.264 e. The van der Waals surface area contributed by atoms with Gasteiger partial charge in [-0.25, -0.2) is 17.2 Å². The van der Waals surface area contributed by atoms with Crippen LogP contribution in [0.2, 0.25) is 5.02 Å². The van der Waals surface area contributed by atoms with Gasteiger partial charge in [0.2, 0.25) is 0 Å². The first kappa shape index (κ1) is 25.2. The smallest absolute Gasteiger partial charge is 0.264 e. The molecule has 0 radical (unpaired) electrons. The summed E-state index contributed by atoms with van der Waals surface area (Å²) >= 11 is 6.23. The van der Waals surface area contributed by atoms with Crippen LogP contribution in [0.4, 0.5) is 14.5 Å². The van der Waals surface area contributed by atoms with Crippen molar-refractivity contribution in [2.75, 3.05) is 31.6 Å². The molecule has 1 heterocycles. The summed E-state index contributed by atoms with van der Waals surface area (Å²) < 4.78 is 68.9. The Morgan fingerprint density at radius 1 is 1.03 bits per heavy atom. The Hall–Kier alpha value is -2.88. The number of hydrogen-bond acceptors (Lipinski definition) is 5. The van der Waals surface area contributed by atoms with E-state index < -0.39 is 27.7 Å². The van der Waals surface area contributed by atoms with Crippen LogP contribution in [0, 0.1) is 11.6 Å². The van der Waals surface area contributed by atoms with Crippen molar-refractivity contribution in [2.24, 2.45) is 0 Å². The molecule has 6 nitrogen and oxygen atoms in total. The highest BCUT2D eigenvalue weighted by atomic mass is 35.5. The highest BCUT2D eigenvalue weighted by molar-refractivity contribution is 7.92. The van der Waals surface area contributed by atoms with Crippen LogP contribution in [0.15, 0.2) is 59.5 Å². The third-order valence-electron chi connectivity index (χ3n) is 5.99. The van der Waals surface area contributed by atoms with Crippen LogP contribution in [0.25, 0.3) is 0 Å². The minimum atomic E-state index is -4.12. The second-order valence-electron chi connectivity index (χ2n) is 8.11. The van der Waals surface area contributed by atoms with Gasteiger partial charge >= 0.3 is 0 Å². The fourth-order valence-corrected chi connectivity index (χ4v) is 6.18. The molecule has 1 N–H and O–H groups in total. The van der Waals surface area contributed by atoms with E-state index in [0.717, 1.165) is 0 Å². The van der Waals surface area contributed by atoms with E-state index in [1.165, 1.54) is 54.9 Å². The molecule has 35 heavy (non-hydrogen) atoms. The summed E-state index contributed by atoms with van der Waals surface area (Å²) in [5, 5.41) is 3.52. The van der Waals surface area contributed by atoms with Gasteiger partial charge in [-0.2, -0.15) is 0 Å². The molecular formula is C25H25ClF2N2O4S. The van der Waals surface area contributed by atoms with Crippen molar-refractivity contribution in [3.05, 3.63) is 82.4 Å². The van der Waals surface area contributed by atoms with Crippen LogP contribution >= 0.6 is 11.6 Å². The van der Waals surface area contributed by atoms with Crippen LogP contribution in [-0.2, 0) is 16.4 Å². The molecule has 0 unspecified atom stereocenters. The van der Waals surface area contributed by atoms with E-state index >= 15 is 0 Å². The lowest BCUT2D eigenvalue weighted by atomic mass is 10.0. The number of nitrogens with zero attached hydrogens (tertiary/aromatic N) is 1. The van der Waals surface area contributed by atoms with Gasteiger partial charge in [-0.05, 0) is 61.0 Å². The zero-order valence-corrected chi connectivity index (χ0v) is 20.8. The average molecular weight is 523 g/mol. The predicted molar refractivity (Wildman–Crippen MR) is 131 cm³/mol. The van der Waals surface area contributed by atoms with Gasteiger partial charge < -0.3 is 14.8 Å². The Morgan fingerprint density at radius 2 is 1.74 bits per heavy atom. The standard InChI is InChI=1S/C25H25ClF2N2O4S/c1-33-24-9-7-19(14-25(24)34-2)35(31,32)30(18-10-11-29-15-18)23-8-6-17(26)12-16(23)13-20-21(27)4-3-5-22(20)28/h3-9,12,14,18,29H,10-11,13,15H2,1-2H3/t18-/m1/s1. The second kappa shape index (κ2) is 10.4. The Labute approximate surface area is 208 Å². The van der Waals surface area contributed by atoms with Crippen LogP contribution in [0.5, 0.6) is 11.5 Å². The Kier molecular flexibility index (Phi) is 7.49. The van der Waals surface area contributed by atoms with E-state index in [1.54, 1.807) is 18.2 Å². The molecule has 0 aromatic heterocycles. The summed E-state index contributed by atoms with van der Waals surface area (Å²) in [5.74, 6) is -0.772. The fraction of sp³-hybridized carbons (Fsp3) is 0.280. The number of nitrogens with one attached hydrogen (secondary N) is 1. The van der Waals surface area contributed by atoms with Crippen molar-refractivity contribution in [3.8, 4) is 11.5 Å². The first-order valence-electron chi connectivity index (χ1n) is 10.9. The molecule has 0 bridgehead atoms. The molecule has 186 valence electrons. The second-order valence-corrected chi connectivity index (χ2v) is 10.4. The quantitative estimate of drug-likeness (QED) is 0.461. The molecule has 3 aromatic rings. The number of anilines is 1. The van der Waals surface area contributed by atoms with Crippen molar-refractivity contribution >= 4 is 27.3 Å². The molecule has 1 aliphatic heterocycles. The van der Waals surface area contributed by atoms with Crippen molar-refractivity contribution in [3.63, 3.8) is 0 Å². The summed E-state index contributed by atoms with van der Waals surface area (Å²) in [4.78, 5) is 0.0000206. The van der Waals surface area contributed by atoms with Crippen molar-refractivity contribution < 1.29 is 26.7 Å². The molecule has 0 saturated carbocycles. The van der Waals surface area contributed by atoms with Gasteiger partial charge in [0.05, 0.1) is 30.8 Å². The van der Waals surface area contributed by atoms with E-state index in [1.807, 2.05) is 0 Å². The largest absolute Gasteiger partial charge is 0.493 e. The lowest BCUT2D eigenvalue weighted by Gasteiger charge is -2.32. The summed E-state index contributed by atoms with van der Waals surface area (Å²) in [6.07, 6.45) is 0.384. The molecule has 0 aliphatic carbocycles. The van der Waals surface area contributed by atoms with Crippen molar-refractivity contribution in [1.82, 2.24) is 5.32 Å². The minimum absolute atomic E-state index is 0.0000206. The molecule has 0 amide bonds. The zero-order valence-electron chi connectivity index (χ0n) is 19.2. The van der Waals surface area contributed by atoms with E-state index in [4.69, 9.17) is 21.1 Å². The third kappa shape index (κ3) is 5.07. The number of halogens is 3. The summed E-state index contributed by atoms with van der Waals surface area (Å²) in [7, 11) is -1.23. The summed E-state index contributed by atoms with van der Waals surface area (Å²) in [6.45, 7) is 1.05. The van der Waals surface area contributed by atoms with Crippen LogP contribution in [-0.4, -0.2) is 41.8 Å². The lowest BCUT2D eigenvalue weighted by Crippen LogP contribution is -2.42. The van der Waals surface area contributed by atoms with Crippen molar-refractivity contribution in [2.45, 2.75) is 23.8 Å². The number of benzene rings is 3. The summed E-state index contributed by atoms with van der Waals surface area (Å²) in [6, 6.07) is 12.3. The highest BCUT2D eigenvalue weighted by Crippen LogP contribution is 2.37. The number of hydrogen-bond donors (Lipinski definition) is 1. The van der Waals surface area contributed by atoms with Gasteiger partial charge in [-0.1, -0.05) is 17.7 Å². The number of ether oxygens (including phenoxy) is 2. The molecule has 10 heteroatoms. The molecule has 1 aliphatic rings. The third-order valence-corrected chi connectivity index (χ3v) is 8.08. The molecular weight excluding hydrogens is 498 g/mol. The van der Waals surface area contributed by atoms with Gasteiger partial charge in [0.1, 0.15) is 11.6 Å². The van der Waals surface area contributed by atoms with Gasteiger partial charge in [-0.3, -0.25) is 4.31 Å². The van der Waals surface area contributed by atoms with Crippen molar-refractivity contribution in [1.29, 1.82) is 0 Å². The molecule has 4 rings (SSSR count). The van der Waals surface area contributed by atoms with E-state index in [-0.39, 0.29) is 22.6 Å². The van der Waals surface area contributed by atoms with Gasteiger partial charge in [0, 0.05) is 29.6 Å². The Morgan fingerprint density at radius 3 is 2.37 bits per heavy atom. The molecule has 1 saturated heterocycles. The number of methoxy groups -OCH3 is 2. The predicted octanol–water partition coefficient (Wildman–Crippen LogP) is 4.78. The first-order chi connectivity index (χ1) is 16.8. The maximum atomic E-state index is 14.5. The Balaban J connectivity index is 1.87. The number of rotatable bonds is 8. The average Bonchev–Trinajstić information content (AvgIpc) is 3.36. The monoisotopic (exact) mass is 522 g/mol. The molecule has 3 aromatic carbocycles. The SMILES string of the molecule is COc1ccc(S(=O)(=O)N(c2ccc(Cl)cc2Cc2c(F)cccc2F)[C@@H]2CCNC2)cc1OC. The van der Waals surface area contributed by atoms with E-state index in [9.17, 15) is 17.2 Å². The normalized spacial score (nSPS) is 15.7. The summed E-state index contributed by atoms with van der Waals surface area (Å²) in [5.41, 5.74) is 0.530. The highest BCUT2D eigenvalue weighted by Gasteiger charge is 2.35.